The van der Waals surface area contributed by atoms with E-state index in [1.807, 2.05) is 6.20 Å². The van der Waals surface area contributed by atoms with Crippen molar-refractivity contribution in [1.29, 1.82) is 0 Å². The minimum Gasteiger partial charge on any atom is -0.363 e. The van der Waals surface area contributed by atoms with Gasteiger partial charge in [0.15, 0.2) is 0 Å². The Kier molecular flexibility index (Phi) is 2.49. The van der Waals surface area contributed by atoms with Gasteiger partial charge in [0.05, 0.1) is 11.4 Å². The first-order chi connectivity index (χ1) is 9.83. The zero-order valence-electron chi connectivity index (χ0n) is 11.4. The van der Waals surface area contributed by atoms with E-state index in [4.69, 9.17) is 0 Å². The molecule has 2 aromatic heterocycles. The number of nitrogens with zero attached hydrogens (tertiary/aromatic N) is 2. The van der Waals surface area contributed by atoms with Gasteiger partial charge in [0.1, 0.15) is 17.8 Å². The lowest BCUT2D eigenvalue weighted by atomic mass is 10.1. The van der Waals surface area contributed by atoms with Crippen LogP contribution in [0, 0.1) is 6.92 Å². The molecule has 0 aliphatic heterocycles. The first kappa shape index (κ1) is 11.5. The van der Waals surface area contributed by atoms with E-state index >= 15 is 0 Å². The number of aromatic amines is 1. The summed E-state index contributed by atoms with van der Waals surface area (Å²) in [6, 6.07) is 8.99. The van der Waals surface area contributed by atoms with Gasteiger partial charge in [0.25, 0.3) is 0 Å². The van der Waals surface area contributed by atoms with Crippen LogP contribution in [0.1, 0.15) is 29.2 Å². The Hall–Kier alpha value is -2.36. The predicted octanol–water partition coefficient (Wildman–Crippen LogP) is 3.37. The van der Waals surface area contributed by atoms with Crippen LogP contribution < -0.4 is 5.32 Å². The summed E-state index contributed by atoms with van der Waals surface area (Å²) in [7, 11) is 0. The molecule has 3 aromatic rings. The van der Waals surface area contributed by atoms with Crippen molar-refractivity contribution in [2.24, 2.45) is 0 Å². The van der Waals surface area contributed by atoms with Crippen molar-refractivity contribution < 1.29 is 0 Å². The van der Waals surface area contributed by atoms with Crippen LogP contribution in [0.2, 0.25) is 0 Å². The lowest BCUT2D eigenvalue weighted by molar-refractivity contribution is 0.758. The Morgan fingerprint density at radius 1 is 1.25 bits per heavy atom. The van der Waals surface area contributed by atoms with Gasteiger partial charge in [0, 0.05) is 6.20 Å². The van der Waals surface area contributed by atoms with Crippen molar-refractivity contribution in [3.63, 3.8) is 0 Å². The molecule has 0 bridgehead atoms. The highest BCUT2D eigenvalue weighted by atomic mass is 15.1. The summed E-state index contributed by atoms with van der Waals surface area (Å²) < 4.78 is 0. The number of nitrogens with one attached hydrogen (secondary N) is 2. The molecule has 0 radical (unpaired) electrons. The number of H-pyrrole nitrogens is 1. The minimum atomic E-state index is 0.346. The van der Waals surface area contributed by atoms with Gasteiger partial charge in [-0.15, -0.1) is 0 Å². The molecule has 4 heteroatoms. The van der Waals surface area contributed by atoms with E-state index < -0.39 is 0 Å². The zero-order valence-corrected chi connectivity index (χ0v) is 11.4. The molecular formula is C16H16N4. The quantitative estimate of drug-likeness (QED) is 0.746. The molecule has 20 heavy (non-hydrogen) atoms. The predicted molar refractivity (Wildman–Crippen MR) is 79.8 cm³/mol. The lowest BCUT2D eigenvalue weighted by Crippen LogP contribution is -2.09. The third kappa shape index (κ3) is 1.68. The van der Waals surface area contributed by atoms with Crippen molar-refractivity contribution in [2.75, 3.05) is 5.32 Å². The van der Waals surface area contributed by atoms with Crippen LogP contribution in [-0.2, 0) is 6.42 Å². The van der Waals surface area contributed by atoms with Crippen LogP contribution in [0.4, 0.5) is 5.82 Å². The molecule has 1 atom stereocenters. The molecule has 100 valence electrons. The number of aromatic nitrogens is 3. The van der Waals surface area contributed by atoms with Crippen LogP contribution in [0.5, 0.6) is 0 Å². The fraction of sp³-hybridized carbons (Fsp3) is 0.250. The van der Waals surface area contributed by atoms with Crippen LogP contribution in [0.15, 0.2) is 36.8 Å². The number of benzene rings is 1. The molecule has 2 heterocycles. The maximum atomic E-state index is 4.43. The minimum absolute atomic E-state index is 0.346. The van der Waals surface area contributed by atoms with Crippen molar-refractivity contribution in [3.05, 3.63) is 53.5 Å². The maximum absolute atomic E-state index is 4.43. The molecule has 0 saturated heterocycles. The summed E-state index contributed by atoms with van der Waals surface area (Å²) in [6.45, 7) is 2.08. The van der Waals surface area contributed by atoms with E-state index in [1.165, 1.54) is 16.7 Å². The van der Waals surface area contributed by atoms with E-state index in [0.717, 1.165) is 29.7 Å². The summed E-state index contributed by atoms with van der Waals surface area (Å²) in [5.41, 5.74) is 4.91. The number of aryl methyl sites for hydroxylation is 2. The Morgan fingerprint density at radius 2 is 2.15 bits per heavy atom. The van der Waals surface area contributed by atoms with Gasteiger partial charge in [-0.25, -0.2) is 9.97 Å². The summed E-state index contributed by atoms with van der Waals surface area (Å²) in [4.78, 5) is 11.9. The highest BCUT2D eigenvalue weighted by Gasteiger charge is 2.23. The molecule has 4 nitrogen and oxygen atoms in total. The highest BCUT2D eigenvalue weighted by Crippen LogP contribution is 2.34. The smallest absolute Gasteiger partial charge is 0.143 e. The van der Waals surface area contributed by atoms with Gasteiger partial charge in [-0.3, -0.25) is 0 Å². The van der Waals surface area contributed by atoms with Crippen molar-refractivity contribution in [3.8, 4) is 0 Å². The zero-order chi connectivity index (χ0) is 13.5. The SMILES string of the molecule is Cc1c[nH]c2ncnc(N[C@@H]3CCc4ccccc43)c12. The monoisotopic (exact) mass is 264 g/mol. The van der Waals surface area contributed by atoms with Crippen molar-refractivity contribution in [1.82, 2.24) is 15.0 Å². The number of hydrogen-bond donors (Lipinski definition) is 2. The van der Waals surface area contributed by atoms with Crippen LogP contribution in [0.25, 0.3) is 11.0 Å². The Balaban J connectivity index is 1.74. The van der Waals surface area contributed by atoms with Gasteiger partial charge in [-0.1, -0.05) is 24.3 Å². The Labute approximate surface area is 117 Å². The van der Waals surface area contributed by atoms with Gasteiger partial charge >= 0.3 is 0 Å². The van der Waals surface area contributed by atoms with E-state index in [-0.39, 0.29) is 0 Å². The average Bonchev–Trinajstić information content (AvgIpc) is 3.05. The second-order valence-corrected chi connectivity index (χ2v) is 5.35. The largest absolute Gasteiger partial charge is 0.363 e. The summed E-state index contributed by atoms with van der Waals surface area (Å²) in [6.07, 6.45) is 5.84. The first-order valence-electron chi connectivity index (χ1n) is 6.96. The topological polar surface area (TPSA) is 53.6 Å². The normalized spacial score (nSPS) is 17.4. The number of hydrogen-bond acceptors (Lipinski definition) is 3. The maximum Gasteiger partial charge on any atom is 0.143 e. The van der Waals surface area contributed by atoms with E-state index in [9.17, 15) is 0 Å². The highest BCUT2D eigenvalue weighted by molar-refractivity contribution is 5.90. The fourth-order valence-electron chi connectivity index (χ4n) is 3.10. The molecule has 2 N–H and O–H groups in total. The van der Waals surface area contributed by atoms with Crippen LogP contribution in [-0.4, -0.2) is 15.0 Å². The second-order valence-electron chi connectivity index (χ2n) is 5.35. The average molecular weight is 264 g/mol. The lowest BCUT2D eigenvalue weighted by Gasteiger charge is -2.15. The summed E-state index contributed by atoms with van der Waals surface area (Å²) in [5.74, 6) is 0.926. The molecule has 0 fully saturated rings. The van der Waals surface area contributed by atoms with E-state index in [2.05, 4.69) is 51.5 Å². The van der Waals surface area contributed by atoms with Gasteiger partial charge in [-0.05, 0) is 36.5 Å². The number of rotatable bonds is 2. The molecule has 0 amide bonds. The van der Waals surface area contributed by atoms with Gasteiger partial charge < -0.3 is 10.3 Å². The first-order valence-corrected chi connectivity index (χ1v) is 6.96. The van der Waals surface area contributed by atoms with Crippen molar-refractivity contribution in [2.45, 2.75) is 25.8 Å². The standard InChI is InChI=1S/C16H16N4/c1-10-8-17-15-14(10)16(19-9-18-15)20-13-7-6-11-4-2-3-5-12(11)13/h2-5,8-9,13H,6-7H2,1H3,(H2,17,18,19,20)/t13-/m1/s1. The molecule has 0 unspecified atom stereocenters. The number of fused-ring (bicyclic) bond motifs is 2. The molecular weight excluding hydrogens is 248 g/mol. The van der Waals surface area contributed by atoms with E-state index in [0.29, 0.717) is 6.04 Å². The molecule has 1 aromatic carbocycles. The third-order valence-corrected chi connectivity index (χ3v) is 4.11. The van der Waals surface area contributed by atoms with Crippen molar-refractivity contribution >= 4 is 16.9 Å². The summed E-state index contributed by atoms with van der Waals surface area (Å²) in [5, 5.41) is 4.69. The molecule has 0 spiro atoms. The van der Waals surface area contributed by atoms with Gasteiger partial charge in [0.2, 0.25) is 0 Å². The molecule has 0 saturated carbocycles. The Bertz CT molecular complexity index is 775. The van der Waals surface area contributed by atoms with Crippen LogP contribution in [0.3, 0.4) is 0 Å². The fourth-order valence-corrected chi connectivity index (χ4v) is 3.10. The second kappa shape index (κ2) is 4.34. The van der Waals surface area contributed by atoms with E-state index in [1.54, 1.807) is 6.33 Å². The van der Waals surface area contributed by atoms with Gasteiger partial charge in [-0.2, -0.15) is 0 Å². The molecule has 1 aliphatic carbocycles. The molecule has 4 rings (SSSR count). The molecule has 1 aliphatic rings. The van der Waals surface area contributed by atoms with Crippen LogP contribution >= 0.6 is 0 Å². The Morgan fingerprint density at radius 3 is 3.10 bits per heavy atom. The third-order valence-electron chi connectivity index (χ3n) is 4.11. The number of anilines is 1. The summed E-state index contributed by atoms with van der Waals surface area (Å²) >= 11 is 0.